The zero-order valence-electron chi connectivity index (χ0n) is 9.94. The van der Waals surface area contributed by atoms with E-state index in [1.54, 1.807) is 0 Å². The van der Waals surface area contributed by atoms with Gasteiger partial charge in [-0.15, -0.1) is 0 Å². The second kappa shape index (κ2) is 7.58. The molecule has 1 aromatic rings. The number of carbonyl (C=O) groups excluding carboxylic acids is 1. The highest BCUT2D eigenvalue weighted by atomic mass is 35.5. The Balaban J connectivity index is 2.94. The summed E-state index contributed by atoms with van der Waals surface area (Å²) in [6.07, 6.45) is 1.67. The average molecular weight is 297 g/mol. The molecule has 5 nitrogen and oxygen atoms in total. The molecule has 19 heavy (non-hydrogen) atoms. The number of nitrogens with zero attached hydrogens (tertiary/aromatic N) is 4. The number of hydrogen-bond acceptors (Lipinski definition) is 4. The van der Waals surface area contributed by atoms with Gasteiger partial charge in [-0.25, -0.2) is 4.98 Å². The molecule has 0 aliphatic rings. The first kappa shape index (κ1) is 15.2. The monoisotopic (exact) mass is 296 g/mol. The van der Waals surface area contributed by atoms with Crippen molar-refractivity contribution in [1.82, 2.24) is 9.88 Å². The number of hydrogen-bond donors (Lipinski definition) is 0. The van der Waals surface area contributed by atoms with Gasteiger partial charge in [0.05, 0.1) is 35.6 Å². The Morgan fingerprint density at radius 3 is 2.37 bits per heavy atom. The normalized spacial score (nSPS) is 9.47. The van der Waals surface area contributed by atoms with Gasteiger partial charge in [0, 0.05) is 19.3 Å². The van der Waals surface area contributed by atoms with Gasteiger partial charge >= 0.3 is 0 Å². The number of aromatic nitrogens is 1. The first-order valence-corrected chi connectivity index (χ1v) is 6.20. The van der Waals surface area contributed by atoms with Crippen LogP contribution in [-0.4, -0.2) is 28.9 Å². The van der Waals surface area contributed by atoms with Gasteiger partial charge in [-0.2, -0.15) is 10.5 Å². The molecule has 0 saturated carbocycles. The van der Waals surface area contributed by atoms with Gasteiger partial charge < -0.3 is 4.90 Å². The van der Waals surface area contributed by atoms with Crippen LogP contribution in [0.15, 0.2) is 12.3 Å². The number of nitriles is 2. The van der Waals surface area contributed by atoms with Crippen molar-refractivity contribution in [3.8, 4) is 12.1 Å². The van der Waals surface area contributed by atoms with E-state index in [1.165, 1.54) is 17.2 Å². The summed E-state index contributed by atoms with van der Waals surface area (Å²) in [5, 5.41) is 17.5. The fraction of sp³-hybridized carbons (Fsp3) is 0.333. The Morgan fingerprint density at radius 2 is 1.84 bits per heavy atom. The molecule has 0 atom stereocenters. The van der Waals surface area contributed by atoms with Crippen LogP contribution in [0.1, 0.15) is 23.2 Å². The summed E-state index contributed by atoms with van der Waals surface area (Å²) in [6.45, 7) is 0.487. The number of pyridine rings is 1. The number of halogens is 2. The van der Waals surface area contributed by atoms with Crippen LogP contribution in [0.4, 0.5) is 0 Å². The van der Waals surface area contributed by atoms with Crippen LogP contribution in [0.5, 0.6) is 0 Å². The van der Waals surface area contributed by atoms with Crippen molar-refractivity contribution in [2.45, 2.75) is 12.8 Å². The van der Waals surface area contributed by atoms with Crippen molar-refractivity contribution in [2.75, 3.05) is 13.1 Å². The second-order valence-electron chi connectivity index (χ2n) is 3.60. The Labute approximate surface area is 121 Å². The Hall–Kier alpha value is -1.82. The third-order valence-electron chi connectivity index (χ3n) is 2.33. The van der Waals surface area contributed by atoms with Gasteiger partial charge in [-0.05, 0) is 6.07 Å². The second-order valence-corrected chi connectivity index (χ2v) is 4.39. The quantitative estimate of drug-likeness (QED) is 0.782. The zero-order valence-corrected chi connectivity index (χ0v) is 11.4. The highest BCUT2D eigenvalue weighted by Crippen LogP contribution is 2.20. The highest BCUT2D eigenvalue weighted by molar-refractivity contribution is 6.35. The molecule has 0 aromatic carbocycles. The van der Waals surface area contributed by atoms with E-state index in [1.807, 2.05) is 12.1 Å². The molecule has 0 aliphatic heterocycles. The van der Waals surface area contributed by atoms with E-state index in [9.17, 15) is 4.79 Å². The van der Waals surface area contributed by atoms with Crippen molar-refractivity contribution in [3.05, 3.63) is 28.0 Å². The van der Waals surface area contributed by atoms with Crippen LogP contribution in [-0.2, 0) is 0 Å². The molecule has 1 aromatic heterocycles. The van der Waals surface area contributed by atoms with Gasteiger partial charge in [-0.1, -0.05) is 23.2 Å². The lowest BCUT2D eigenvalue weighted by molar-refractivity contribution is 0.0762. The van der Waals surface area contributed by atoms with E-state index in [0.29, 0.717) is 0 Å². The van der Waals surface area contributed by atoms with E-state index in [4.69, 9.17) is 33.7 Å². The molecule has 0 aliphatic carbocycles. The van der Waals surface area contributed by atoms with Gasteiger partial charge in [0.25, 0.3) is 5.91 Å². The summed E-state index contributed by atoms with van der Waals surface area (Å²) < 4.78 is 0. The fourth-order valence-corrected chi connectivity index (χ4v) is 1.77. The Morgan fingerprint density at radius 1 is 1.26 bits per heavy atom. The van der Waals surface area contributed by atoms with Crippen LogP contribution in [0.25, 0.3) is 0 Å². The smallest absolute Gasteiger partial charge is 0.255 e. The highest BCUT2D eigenvalue weighted by Gasteiger charge is 2.18. The summed E-state index contributed by atoms with van der Waals surface area (Å²) in [5.41, 5.74) is 0.220. The molecule has 0 spiro atoms. The lowest BCUT2D eigenvalue weighted by Crippen LogP contribution is -2.33. The molecule has 1 rings (SSSR count). The lowest BCUT2D eigenvalue weighted by atomic mass is 10.2. The summed E-state index contributed by atoms with van der Waals surface area (Å²) >= 11 is 11.6. The molecule has 0 unspecified atom stereocenters. The van der Waals surface area contributed by atoms with Crippen molar-refractivity contribution >= 4 is 29.1 Å². The van der Waals surface area contributed by atoms with Gasteiger partial charge in [0.1, 0.15) is 5.15 Å². The summed E-state index contributed by atoms with van der Waals surface area (Å²) in [6, 6.07) is 5.29. The molecule has 0 fully saturated rings. The molecule has 7 heteroatoms. The molecular formula is C12H10Cl2N4O. The SMILES string of the molecule is N#CCCN(CCC#N)C(=O)c1cc(Cl)ncc1Cl. The molecule has 98 valence electrons. The van der Waals surface area contributed by atoms with Crippen molar-refractivity contribution in [3.63, 3.8) is 0 Å². The third-order valence-corrected chi connectivity index (χ3v) is 2.83. The Bertz CT molecular complexity index is 530. The first-order valence-electron chi connectivity index (χ1n) is 5.44. The van der Waals surface area contributed by atoms with Crippen molar-refractivity contribution < 1.29 is 4.79 Å². The molecule has 0 radical (unpaired) electrons. The Kier molecular flexibility index (Phi) is 6.08. The first-order chi connectivity index (χ1) is 9.10. The fourth-order valence-electron chi connectivity index (χ4n) is 1.43. The molecule has 0 saturated heterocycles. The van der Waals surface area contributed by atoms with Crippen LogP contribution < -0.4 is 0 Å². The standard InChI is InChI=1S/C12H10Cl2N4O/c13-10-8-17-11(14)7-9(10)12(19)18(5-1-3-15)6-2-4-16/h7-8H,1-2,5-6H2. The largest absolute Gasteiger partial charge is 0.337 e. The van der Waals surface area contributed by atoms with Crippen molar-refractivity contribution in [2.24, 2.45) is 0 Å². The maximum absolute atomic E-state index is 12.3. The van der Waals surface area contributed by atoms with E-state index in [2.05, 4.69) is 4.98 Å². The maximum Gasteiger partial charge on any atom is 0.255 e. The number of carbonyl (C=O) groups is 1. The molecule has 0 N–H and O–H groups in total. The van der Waals surface area contributed by atoms with Crippen LogP contribution in [0, 0.1) is 22.7 Å². The molecule has 1 amide bonds. The lowest BCUT2D eigenvalue weighted by Gasteiger charge is -2.20. The summed E-state index contributed by atoms with van der Waals surface area (Å²) in [5.74, 6) is -0.361. The molecule has 1 heterocycles. The molecular weight excluding hydrogens is 287 g/mol. The number of rotatable bonds is 5. The summed E-state index contributed by atoms with van der Waals surface area (Å²) in [4.78, 5) is 17.4. The predicted octanol–water partition coefficient (Wildman–Crippen LogP) is 2.66. The van der Waals surface area contributed by atoms with E-state index >= 15 is 0 Å². The maximum atomic E-state index is 12.3. The van der Waals surface area contributed by atoms with Gasteiger partial charge in [0.2, 0.25) is 0 Å². The summed E-state index contributed by atoms with van der Waals surface area (Å²) in [7, 11) is 0. The van der Waals surface area contributed by atoms with E-state index < -0.39 is 0 Å². The van der Waals surface area contributed by atoms with Crippen LogP contribution in [0.2, 0.25) is 10.2 Å². The van der Waals surface area contributed by atoms with E-state index in [0.717, 1.165) is 0 Å². The minimum Gasteiger partial charge on any atom is -0.337 e. The third kappa shape index (κ3) is 4.40. The minimum absolute atomic E-state index is 0.160. The van der Waals surface area contributed by atoms with Gasteiger partial charge in [-0.3, -0.25) is 4.79 Å². The minimum atomic E-state index is -0.361. The topological polar surface area (TPSA) is 80.8 Å². The molecule has 0 bridgehead atoms. The predicted molar refractivity (Wildman–Crippen MR) is 70.6 cm³/mol. The zero-order chi connectivity index (χ0) is 14.3. The average Bonchev–Trinajstić information content (AvgIpc) is 2.41. The van der Waals surface area contributed by atoms with E-state index in [-0.39, 0.29) is 47.6 Å². The van der Waals surface area contributed by atoms with Crippen molar-refractivity contribution in [1.29, 1.82) is 10.5 Å². The van der Waals surface area contributed by atoms with Gasteiger partial charge in [0.15, 0.2) is 0 Å². The van der Waals surface area contributed by atoms with Crippen LogP contribution >= 0.6 is 23.2 Å². The number of amides is 1. The van der Waals surface area contributed by atoms with Crippen LogP contribution in [0.3, 0.4) is 0 Å².